The second kappa shape index (κ2) is 2.75. The molecule has 0 unspecified atom stereocenters. The van der Waals surface area contributed by atoms with Gasteiger partial charge in [-0.3, -0.25) is 0 Å². The topological polar surface area (TPSA) is 12.0 Å². The Morgan fingerprint density at radius 3 is 2.00 bits per heavy atom. The van der Waals surface area contributed by atoms with Gasteiger partial charge >= 0.3 is 6.18 Å². The Bertz CT molecular complexity index is 114. The summed E-state index contributed by atoms with van der Waals surface area (Å²) in [6.45, 7) is 1.35. The van der Waals surface area contributed by atoms with Gasteiger partial charge in [-0.05, 0) is 6.92 Å². The van der Waals surface area contributed by atoms with Crippen LogP contribution in [0, 0.1) is 0 Å². The zero-order valence-electron chi connectivity index (χ0n) is 5.21. The Hall–Kier alpha value is -0.670. The van der Waals surface area contributed by atoms with Crippen molar-refractivity contribution in [2.24, 2.45) is 0 Å². The molecule has 1 nitrogen and oxygen atoms in total. The summed E-state index contributed by atoms with van der Waals surface area (Å²) in [5, 5.41) is 2.36. The summed E-state index contributed by atoms with van der Waals surface area (Å²) in [5.74, 6) is 0. The molecule has 0 saturated heterocycles. The minimum absolute atomic E-state index is 0.113. The third kappa shape index (κ3) is 5.20. The number of hydrogen-bond donors (Lipinski definition) is 1. The molecular formula is C5H8F3N. The van der Waals surface area contributed by atoms with Crippen LogP contribution in [0.25, 0.3) is 0 Å². The van der Waals surface area contributed by atoms with Crippen molar-refractivity contribution < 1.29 is 13.2 Å². The molecule has 0 aliphatic rings. The summed E-state index contributed by atoms with van der Waals surface area (Å²) in [6, 6.07) is 0. The first kappa shape index (κ1) is 8.33. The summed E-state index contributed by atoms with van der Waals surface area (Å²) < 4.78 is 34.1. The van der Waals surface area contributed by atoms with Crippen molar-refractivity contribution in [3.63, 3.8) is 0 Å². The number of allylic oxidation sites excluding steroid dienone is 2. The molecular weight excluding hydrogens is 131 g/mol. The monoisotopic (exact) mass is 139 g/mol. The van der Waals surface area contributed by atoms with Crippen molar-refractivity contribution in [1.82, 2.24) is 5.32 Å². The maximum atomic E-state index is 11.4. The summed E-state index contributed by atoms with van der Waals surface area (Å²) in [6.07, 6.45) is -3.99. The lowest BCUT2D eigenvalue weighted by Gasteiger charge is -2.01. The Balaban J connectivity index is 3.95. The maximum Gasteiger partial charge on any atom is 0.411 e. The highest BCUT2D eigenvalue weighted by atomic mass is 19.4. The van der Waals surface area contributed by atoms with E-state index in [0.29, 0.717) is 0 Å². The van der Waals surface area contributed by atoms with E-state index in [-0.39, 0.29) is 11.8 Å². The average Bonchev–Trinajstić information content (AvgIpc) is 1.62. The van der Waals surface area contributed by atoms with Crippen molar-refractivity contribution in [2.75, 3.05) is 7.05 Å². The molecule has 0 fully saturated rings. The van der Waals surface area contributed by atoms with Gasteiger partial charge in [0, 0.05) is 18.8 Å². The van der Waals surface area contributed by atoms with Gasteiger partial charge < -0.3 is 5.32 Å². The van der Waals surface area contributed by atoms with E-state index in [2.05, 4.69) is 5.32 Å². The minimum Gasteiger partial charge on any atom is -0.392 e. The van der Waals surface area contributed by atoms with Crippen LogP contribution >= 0.6 is 0 Å². The van der Waals surface area contributed by atoms with E-state index in [0.717, 1.165) is 0 Å². The molecule has 0 amide bonds. The predicted molar refractivity (Wildman–Crippen MR) is 28.9 cm³/mol. The van der Waals surface area contributed by atoms with Crippen molar-refractivity contribution in [2.45, 2.75) is 13.1 Å². The fourth-order valence-corrected chi connectivity index (χ4v) is 0.318. The van der Waals surface area contributed by atoms with Gasteiger partial charge in [0.25, 0.3) is 0 Å². The number of halogens is 3. The largest absolute Gasteiger partial charge is 0.411 e. The smallest absolute Gasteiger partial charge is 0.392 e. The number of alkyl halides is 3. The van der Waals surface area contributed by atoms with Crippen LogP contribution in [-0.4, -0.2) is 13.2 Å². The molecule has 54 valence electrons. The Kier molecular flexibility index (Phi) is 2.55. The quantitative estimate of drug-likeness (QED) is 0.582. The molecule has 0 radical (unpaired) electrons. The average molecular weight is 139 g/mol. The zero-order valence-corrected chi connectivity index (χ0v) is 5.21. The van der Waals surface area contributed by atoms with E-state index in [1.807, 2.05) is 0 Å². The fourth-order valence-electron chi connectivity index (χ4n) is 0.318. The van der Waals surface area contributed by atoms with Crippen molar-refractivity contribution >= 4 is 0 Å². The SMILES string of the molecule is CN/C(C)=C/C(F)(F)F. The van der Waals surface area contributed by atoms with Crippen molar-refractivity contribution in [1.29, 1.82) is 0 Å². The summed E-state index contributed by atoms with van der Waals surface area (Å²) in [7, 11) is 1.44. The number of hydrogen-bond acceptors (Lipinski definition) is 1. The van der Waals surface area contributed by atoms with Gasteiger partial charge in [0.1, 0.15) is 0 Å². The third-order valence-corrected chi connectivity index (χ3v) is 0.775. The molecule has 0 bridgehead atoms. The first-order chi connectivity index (χ1) is 3.95. The molecule has 0 aliphatic heterocycles. The number of rotatable bonds is 1. The van der Waals surface area contributed by atoms with E-state index in [9.17, 15) is 13.2 Å². The molecule has 0 aromatic carbocycles. The normalized spacial score (nSPS) is 13.7. The van der Waals surface area contributed by atoms with Gasteiger partial charge in [-0.15, -0.1) is 0 Å². The highest BCUT2D eigenvalue weighted by molar-refractivity contribution is 4.98. The lowest BCUT2D eigenvalue weighted by molar-refractivity contribution is -0.0807. The maximum absolute atomic E-state index is 11.4. The molecule has 0 aliphatic carbocycles. The van der Waals surface area contributed by atoms with Gasteiger partial charge in [-0.25, -0.2) is 0 Å². The molecule has 4 heteroatoms. The van der Waals surface area contributed by atoms with Gasteiger partial charge in [0.15, 0.2) is 0 Å². The molecule has 0 saturated carbocycles. The van der Waals surface area contributed by atoms with Crippen LogP contribution in [0.4, 0.5) is 13.2 Å². The number of nitrogens with one attached hydrogen (secondary N) is 1. The van der Waals surface area contributed by atoms with Gasteiger partial charge in [0.2, 0.25) is 0 Å². The Labute approximate surface area is 51.6 Å². The lowest BCUT2D eigenvalue weighted by Crippen LogP contribution is -2.09. The molecule has 0 spiro atoms. The zero-order chi connectivity index (χ0) is 7.49. The molecule has 0 rings (SSSR count). The minimum atomic E-state index is -4.20. The van der Waals surface area contributed by atoms with Crippen molar-refractivity contribution in [3.05, 3.63) is 11.8 Å². The van der Waals surface area contributed by atoms with Gasteiger partial charge in [0.05, 0.1) is 0 Å². The molecule has 0 aromatic heterocycles. The second-order valence-corrected chi connectivity index (χ2v) is 1.62. The van der Waals surface area contributed by atoms with Crippen LogP contribution in [0.5, 0.6) is 0 Å². The fraction of sp³-hybridized carbons (Fsp3) is 0.600. The summed E-state index contributed by atoms with van der Waals surface area (Å²) in [5.41, 5.74) is 0.113. The van der Waals surface area contributed by atoms with E-state index in [4.69, 9.17) is 0 Å². The van der Waals surface area contributed by atoms with Gasteiger partial charge in [-0.1, -0.05) is 0 Å². The molecule has 0 aromatic rings. The van der Waals surface area contributed by atoms with E-state index in [1.54, 1.807) is 0 Å². The van der Waals surface area contributed by atoms with Crippen LogP contribution in [0.2, 0.25) is 0 Å². The van der Waals surface area contributed by atoms with Gasteiger partial charge in [-0.2, -0.15) is 13.2 Å². The highest BCUT2D eigenvalue weighted by Gasteiger charge is 2.23. The highest BCUT2D eigenvalue weighted by Crippen LogP contribution is 2.17. The van der Waals surface area contributed by atoms with E-state index >= 15 is 0 Å². The molecule has 9 heavy (non-hydrogen) atoms. The molecule has 0 heterocycles. The molecule has 1 N–H and O–H groups in total. The first-order valence-corrected chi connectivity index (χ1v) is 2.39. The van der Waals surface area contributed by atoms with Crippen molar-refractivity contribution in [3.8, 4) is 0 Å². The summed E-state index contributed by atoms with van der Waals surface area (Å²) >= 11 is 0. The Morgan fingerprint density at radius 2 is 1.89 bits per heavy atom. The van der Waals surface area contributed by atoms with Crippen LogP contribution in [-0.2, 0) is 0 Å². The molecule has 0 atom stereocenters. The predicted octanol–water partition coefficient (Wildman–Crippen LogP) is 1.67. The first-order valence-electron chi connectivity index (χ1n) is 2.39. The van der Waals surface area contributed by atoms with Crippen LogP contribution in [0.3, 0.4) is 0 Å². The third-order valence-electron chi connectivity index (χ3n) is 0.775. The van der Waals surface area contributed by atoms with Crippen LogP contribution in [0.1, 0.15) is 6.92 Å². The second-order valence-electron chi connectivity index (χ2n) is 1.62. The van der Waals surface area contributed by atoms with Crippen LogP contribution in [0.15, 0.2) is 11.8 Å². The Morgan fingerprint density at radius 1 is 1.44 bits per heavy atom. The summed E-state index contributed by atoms with van der Waals surface area (Å²) in [4.78, 5) is 0. The standard InChI is InChI=1S/C5H8F3N/c1-4(9-2)3-5(6,7)8/h3,9H,1-2H3/b4-3+. The van der Waals surface area contributed by atoms with Crippen LogP contribution < -0.4 is 5.32 Å². The van der Waals surface area contributed by atoms with E-state index in [1.165, 1.54) is 14.0 Å². The van der Waals surface area contributed by atoms with E-state index < -0.39 is 6.18 Å². The lowest BCUT2D eigenvalue weighted by atomic mass is 10.4.